The molecule has 28 heavy (non-hydrogen) atoms. The van der Waals surface area contributed by atoms with E-state index in [2.05, 4.69) is 57.0 Å². The van der Waals surface area contributed by atoms with E-state index in [0.29, 0.717) is 0 Å². The summed E-state index contributed by atoms with van der Waals surface area (Å²) in [4.78, 5) is 2.48. The Labute approximate surface area is 179 Å². The minimum absolute atomic E-state index is 0.181. The Kier molecular flexibility index (Phi) is 4.65. The largest absolute Gasteiger partial charge is 0.466 e. The molecule has 0 N–H and O–H groups in total. The van der Waals surface area contributed by atoms with Crippen LogP contribution in [0.5, 0.6) is 5.75 Å². The second-order valence-corrected chi connectivity index (χ2v) is 9.08. The van der Waals surface area contributed by atoms with E-state index in [-0.39, 0.29) is 11.8 Å². The van der Waals surface area contributed by atoms with Gasteiger partial charge in [0.25, 0.3) is 0 Å². The van der Waals surface area contributed by atoms with E-state index in [4.69, 9.17) is 21.4 Å². The Bertz CT molecular complexity index is 939. The van der Waals surface area contributed by atoms with Crippen LogP contribution in [0.3, 0.4) is 0 Å². The Morgan fingerprint density at radius 1 is 1.21 bits per heavy atom. The van der Waals surface area contributed by atoms with Crippen LogP contribution in [0, 0.1) is 0 Å². The number of nitrogens with zero attached hydrogens (tertiary/aromatic N) is 3. The fraction of sp³-hybridized carbons (Fsp3) is 0.409. The number of hydrogen-bond donors (Lipinski definition) is 0. The number of benzene rings is 2. The average Bonchev–Trinajstić information content (AvgIpc) is 3.16. The van der Waals surface area contributed by atoms with Crippen molar-refractivity contribution in [2.75, 3.05) is 19.6 Å². The van der Waals surface area contributed by atoms with Gasteiger partial charge < -0.3 is 9.64 Å². The van der Waals surface area contributed by atoms with E-state index in [1.165, 1.54) is 5.56 Å². The van der Waals surface area contributed by atoms with Crippen molar-refractivity contribution in [3.8, 4) is 5.75 Å². The van der Waals surface area contributed by atoms with Gasteiger partial charge in [-0.25, -0.2) is 5.01 Å². The van der Waals surface area contributed by atoms with Crippen LogP contribution in [0.4, 0.5) is 0 Å². The zero-order chi connectivity index (χ0) is 19.3. The number of fused-ring (bicyclic) bond motifs is 4. The molecular weight excluding hydrogens is 438 g/mol. The van der Waals surface area contributed by atoms with Gasteiger partial charge in [-0.2, -0.15) is 5.10 Å². The lowest BCUT2D eigenvalue weighted by molar-refractivity contribution is -0.149. The van der Waals surface area contributed by atoms with Gasteiger partial charge in [0.05, 0.1) is 11.8 Å². The van der Waals surface area contributed by atoms with Crippen molar-refractivity contribution in [1.82, 2.24) is 9.91 Å². The first-order valence-corrected chi connectivity index (χ1v) is 11.1. The molecule has 146 valence electrons. The molecule has 5 rings (SSSR count). The number of halogens is 2. The molecule has 1 fully saturated rings. The van der Waals surface area contributed by atoms with Crippen molar-refractivity contribution in [3.63, 3.8) is 0 Å². The first-order valence-electron chi connectivity index (χ1n) is 9.92. The van der Waals surface area contributed by atoms with Gasteiger partial charge in [-0.15, -0.1) is 0 Å². The quantitative estimate of drug-likeness (QED) is 0.596. The van der Waals surface area contributed by atoms with E-state index >= 15 is 0 Å². The van der Waals surface area contributed by atoms with Crippen molar-refractivity contribution < 1.29 is 4.74 Å². The molecule has 1 atom stereocenters. The van der Waals surface area contributed by atoms with Crippen molar-refractivity contribution in [2.45, 2.75) is 38.0 Å². The molecule has 6 heteroatoms. The van der Waals surface area contributed by atoms with Gasteiger partial charge in [0.1, 0.15) is 5.75 Å². The number of likely N-dealkylation sites (tertiary alicyclic amines) is 1. The van der Waals surface area contributed by atoms with E-state index in [1.807, 2.05) is 18.2 Å². The summed E-state index contributed by atoms with van der Waals surface area (Å²) in [6, 6.07) is 14.5. The summed E-state index contributed by atoms with van der Waals surface area (Å²) in [7, 11) is 0. The molecule has 1 unspecified atom stereocenters. The fourth-order valence-electron chi connectivity index (χ4n) is 4.66. The summed E-state index contributed by atoms with van der Waals surface area (Å²) < 4.78 is 7.74. The Hall–Kier alpha value is -1.56. The van der Waals surface area contributed by atoms with Crippen LogP contribution in [0.1, 0.15) is 43.4 Å². The van der Waals surface area contributed by atoms with Crippen molar-refractivity contribution in [2.24, 2.45) is 5.10 Å². The molecule has 0 amide bonds. The third kappa shape index (κ3) is 2.95. The summed E-state index contributed by atoms with van der Waals surface area (Å²) in [6.07, 6.45) is 2.74. The highest BCUT2D eigenvalue weighted by Crippen LogP contribution is 2.50. The lowest BCUT2D eigenvalue weighted by atomic mass is 9.90. The van der Waals surface area contributed by atoms with E-state index in [1.54, 1.807) is 0 Å². The number of hydrazone groups is 1. The lowest BCUT2D eigenvalue weighted by Crippen LogP contribution is -2.59. The van der Waals surface area contributed by atoms with Gasteiger partial charge in [-0.05, 0) is 30.8 Å². The summed E-state index contributed by atoms with van der Waals surface area (Å²) in [6.45, 7) is 5.36. The van der Waals surface area contributed by atoms with Crippen LogP contribution in [0.2, 0.25) is 5.02 Å². The molecule has 0 aromatic heterocycles. The molecule has 3 aliphatic heterocycles. The molecule has 4 nitrogen and oxygen atoms in total. The smallest absolute Gasteiger partial charge is 0.200 e. The standard InChI is InChI=1S/C22H23BrClN3O/c1-2-26-11-9-22(10-12-26)27-20(17-13-15(23)7-8-21(17)28-22)14-19(25-27)16-5-3-4-6-18(16)24/h3-8,13,20H,2,9-12,14H2,1H3. The molecule has 0 saturated carbocycles. The number of rotatable bonds is 2. The van der Waals surface area contributed by atoms with Crippen LogP contribution in [0.15, 0.2) is 52.0 Å². The average molecular weight is 461 g/mol. The predicted octanol–water partition coefficient (Wildman–Crippen LogP) is 5.46. The molecular formula is C22H23BrClN3O. The maximum Gasteiger partial charge on any atom is 0.200 e. The molecule has 1 spiro atoms. The van der Waals surface area contributed by atoms with Crippen LogP contribution < -0.4 is 4.74 Å². The Morgan fingerprint density at radius 3 is 2.75 bits per heavy atom. The maximum atomic E-state index is 6.67. The van der Waals surface area contributed by atoms with Gasteiger partial charge in [-0.1, -0.05) is 52.7 Å². The highest BCUT2D eigenvalue weighted by atomic mass is 79.9. The van der Waals surface area contributed by atoms with Crippen molar-refractivity contribution >= 4 is 33.2 Å². The van der Waals surface area contributed by atoms with Crippen LogP contribution in [-0.2, 0) is 0 Å². The van der Waals surface area contributed by atoms with Crippen LogP contribution in [-0.4, -0.2) is 41.0 Å². The van der Waals surface area contributed by atoms with Gasteiger partial charge in [0, 0.05) is 53.0 Å². The highest BCUT2D eigenvalue weighted by molar-refractivity contribution is 9.10. The van der Waals surface area contributed by atoms with E-state index in [0.717, 1.165) is 65.4 Å². The van der Waals surface area contributed by atoms with E-state index in [9.17, 15) is 0 Å². The monoisotopic (exact) mass is 459 g/mol. The number of piperidine rings is 1. The number of hydrogen-bond acceptors (Lipinski definition) is 4. The maximum absolute atomic E-state index is 6.67. The first-order chi connectivity index (χ1) is 13.6. The molecule has 1 saturated heterocycles. The minimum Gasteiger partial charge on any atom is -0.466 e. The summed E-state index contributed by atoms with van der Waals surface area (Å²) in [5.41, 5.74) is 2.89. The summed E-state index contributed by atoms with van der Waals surface area (Å²) >= 11 is 10.1. The second-order valence-electron chi connectivity index (χ2n) is 7.76. The third-order valence-corrected chi connectivity index (χ3v) is 7.05. The van der Waals surface area contributed by atoms with Crippen LogP contribution in [0.25, 0.3) is 0 Å². The fourth-order valence-corrected chi connectivity index (χ4v) is 5.28. The predicted molar refractivity (Wildman–Crippen MR) is 116 cm³/mol. The van der Waals surface area contributed by atoms with Gasteiger partial charge in [0.15, 0.2) is 0 Å². The van der Waals surface area contributed by atoms with Crippen molar-refractivity contribution in [1.29, 1.82) is 0 Å². The molecule has 0 bridgehead atoms. The minimum atomic E-state index is -0.375. The topological polar surface area (TPSA) is 28.1 Å². The van der Waals surface area contributed by atoms with Gasteiger partial charge in [-0.3, -0.25) is 0 Å². The lowest BCUT2D eigenvalue weighted by Gasteiger charge is -2.51. The normalized spacial score (nSPS) is 23.2. The zero-order valence-electron chi connectivity index (χ0n) is 15.9. The molecule has 3 aliphatic rings. The molecule has 2 aromatic carbocycles. The first kappa shape index (κ1) is 18.5. The van der Waals surface area contributed by atoms with Gasteiger partial charge >= 0.3 is 0 Å². The SMILES string of the molecule is CCN1CCC2(CC1)Oc1ccc(Br)cc1C1CC(c3ccccc3Cl)=NN12. The Morgan fingerprint density at radius 2 is 2.00 bits per heavy atom. The summed E-state index contributed by atoms with van der Waals surface area (Å²) in [5.74, 6) is 0.991. The summed E-state index contributed by atoms with van der Waals surface area (Å²) in [5, 5.41) is 8.10. The second kappa shape index (κ2) is 7.05. The highest BCUT2D eigenvalue weighted by Gasteiger charge is 2.51. The van der Waals surface area contributed by atoms with Crippen LogP contribution >= 0.6 is 27.5 Å². The Balaban J connectivity index is 1.58. The molecule has 2 aromatic rings. The number of ether oxygens (including phenoxy) is 1. The van der Waals surface area contributed by atoms with Crippen molar-refractivity contribution in [3.05, 3.63) is 63.1 Å². The zero-order valence-corrected chi connectivity index (χ0v) is 18.2. The van der Waals surface area contributed by atoms with Gasteiger partial charge in [0.2, 0.25) is 5.72 Å². The van der Waals surface area contributed by atoms with E-state index < -0.39 is 0 Å². The molecule has 0 radical (unpaired) electrons. The molecule has 3 heterocycles. The molecule has 0 aliphatic carbocycles. The third-order valence-electron chi connectivity index (χ3n) is 6.23.